The van der Waals surface area contributed by atoms with Gasteiger partial charge < -0.3 is 0 Å². The molecular formula is C28H33P3. The van der Waals surface area contributed by atoms with Crippen molar-refractivity contribution < 1.29 is 0 Å². The second-order valence-electron chi connectivity index (χ2n) is 8.89. The third-order valence-electron chi connectivity index (χ3n) is 6.91. The fraction of sp³-hybridized carbons (Fsp3) is 0.357. The maximum atomic E-state index is 2.44. The first-order valence-electron chi connectivity index (χ1n) is 11.8. The van der Waals surface area contributed by atoms with Gasteiger partial charge in [0, 0.05) is 0 Å². The molecule has 0 nitrogen and oxygen atoms in total. The van der Waals surface area contributed by atoms with Crippen LogP contribution in [0.1, 0.15) is 25.7 Å². The summed E-state index contributed by atoms with van der Waals surface area (Å²) in [6.45, 7) is 0. The van der Waals surface area contributed by atoms with Crippen molar-refractivity contribution in [1.82, 2.24) is 0 Å². The van der Waals surface area contributed by atoms with Gasteiger partial charge in [-0.15, -0.1) is 0 Å². The van der Waals surface area contributed by atoms with Gasteiger partial charge in [0.25, 0.3) is 0 Å². The molecule has 1 unspecified atom stereocenters. The lowest BCUT2D eigenvalue weighted by molar-refractivity contribution is 0.827. The molecule has 0 bridgehead atoms. The summed E-state index contributed by atoms with van der Waals surface area (Å²) < 4.78 is 0. The van der Waals surface area contributed by atoms with Gasteiger partial charge in [0.1, 0.15) is 0 Å². The second kappa shape index (κ2) is 10.7. The lowest BCUT2D eigenvalue weighted by Gasteiger charge is -2.30. The van der Waals surface area contributed by atoms with Gasteiger partial charge in [0.05, 0.1) is 0 Å². The third-order valence-corrected chi connectivity index (χ3v) is 16.4. The Bertz CT molecular complexity index is 869. The van der Waals surface area contributed by atoms with Gasteiger partial charge in [-0.2, -0.15) is 0 Å². The molecule has 0 N–H and O–H groups in total. The van der Waals surface area contributed by atoms with Crippen LogP contribution in [0.25, 0.3) is 0 Å². The van der Waals surface area contributed by atoms with E-state index in [4.69, 9.17) is 0 Å². The van der Waals surface area contributed by atoms with Gasteiger partial charge in [-0.3, -0.25) is 0 Å². The van der Waals surface area contributed by atoms with E-state index in [0.29, 0.717) is 0 Å². The summed E-state index contributed by atoms with van der Waals surface area (Å²) in [7, 11) is -0.0350. The predicted molar refractivity (Wildman–Crippen MR) is 144 cm³/mol. The zero-order valence-electron chi connectivity index (χ0n) is 18.3. The second-order valence-corrected chi connectivity index (χ2v) is 16.5. The molecule has 2 saturated heterocycles. The average Bonchev–Trinajstić information content (AvgIpc) is 3.50. The minimum Gasteiger partial charge on any atom is -0.0740 e. The lowest BCUT2D eigenvalue weighted by Crippen LogP contribution is -2.22. The van der Waals surface area contributed by atoms with E-state index in [1.54, 1.807) is 15.9 Å². The SMILES string of the molecule is c1ccc(P(C[C@H]2CCC[P@]2c2ccccc2)C[C@H]2CCC[P@@]2c2ccccc2)cc1. The third kappa shape index (κ3) is 5.31. The van der Waals surface area contributed by atoms with Gasteiger partial charge >= 0.3 is 0 Å². The minimum absolute atomic E-state index is 0.0222. The van der Waals surface area contributed by atoms with E-state index in [2.05, 4.69) is 91.0 Å². The summed E-state index contributed by atoms with van der Waals surface area (Å²) in [5, 5.41) is 4.95. The molecule has 0 saturated carbocycles. The summed E-state index contributed by atoms with van der Waals surface area (Å²) in [5.74, 6) is 0. The van der Waals surface area contributed by atoms with Crippen molar-refractivity contribution in [3.63, 3.8) is 0 Å². The lowest BCUT2D eigenvalue weighted by atomic mass is 10.3. The van der Waals surface area contributed by atoms with Gasteiger partial charge in [0.2, 0.25) is 0 Å². The summed E-state index contributed by atoms with van der Waals surface area (Å²) in [5.41, 5.74) is 1.85. The van der Waals surface area contributed by atoms with Gasteiger partial charge in [-0.1, -0.05) is 115 Å². The van der Waals surface area contributed by atoms with Crippen LogP contribution in [0.3, 0.4) is 0 Å². The maximum Gasteiger partial charge on any atom is -0.0126 e. The number of hydrogen-bond donors (Lipinski definition) is 0. The van der Waals surface area contributed by atoms with Crippen LogP contribution >= 0.6 is 23.8 Å². The van der Waals surface area contributed by atoms with Crippen molar-refractivity contribution in [2.45, 2.75) is 37.0 Å². The summed E-state index contributed by atoms with van der Waals surface area (Å²) >= 11 is 0. The summed E-state index contributed by atoms with van der Waals surface area (Å²) in [6, 6.07) is 34.6. The highest BCUT2D eigenvalue weighted by atomic mass is 31.1. The van der Waals surface area contributed by atoms with Crippen LogP contribution < -0.4 is 15.9 Å². The molecule has 0 aromatic heterocycles. The molecule has 2 fully saturated rings. The molecule has 0 aliphatic carbocycles. The Hall–Kier alpha value is -1.05. The fourth-order valence-corrected chi connectivity index (χ4v) is 15.9. The zero-order chi connectivity index (χ0) is 20.9. The summed E-state index contributed by atoms with van der Waals surface area (Å²) in [6.07, 6.45) is 11.6. The van der Waals surface area contributed by atoms with E-state index >= 15 is 0 Å². The smallest absolute Gasteiger partial charge is 0.0126 e. The van der Waals surface area contributed by atoms with Crippen LogP contribution in [0.15, 0.2) is 91.0 Å². The van der Waals surface area contributed by atoms with E-state index in [1.807, 2.05) is 0 Å². The van der Waals surface area contributed by atoms with E-state index < -0.39 is 0 Å². The fourth-order valence-electron chi connectivity index (χ4n) is 5.40. The van der Waals surface area contributed by atoms with Crippen LogP contribution in [-0.4, -0.2) is 36.0 Å². The normalized spacial score (nSPS) is 26.7. The van der Waals surface area contributed by atoms with Crippen LogP contribution in [0.2, 0.25) is 0 Å². The average molecular weight is 462 g/mol. The molecule has 3 aromatic carbocycles. The van der Waals surface area contributed by atoms with Crippen molar-refractivity contribution in [3.8, 4) is 0 Å². The monoisotopic (exact) mass is 462 g/mol. The van der Waals surface area contributed by atoms with Crippen molar-refractivity contribution in [1.29, 1.82) is 0 Å². The van der Waals surface area contributed by atoms with Crippen LogP contribution in [0.4, 0.5) is 0 Å². The molecule has 160 valence electrons. The molecular weight excluding hydrogens is 429 g/mol. The summed E-state index contributed by atoms with van der Waals surface area (Å²) in [4.78, 5) is 0. The highest BCUT2D eigenvalue weighted by Crippen LogP contribution is 2.57. The number of rotatable bonds is 7. The molecule has 0 amide bonds. The Kier molecular flexibility index (Phi) is 7.52. The Morgan fingerprint density at radius 1 is 0.581 bits per heavy atom. The predicted octanol–water partition coefficient (Wildman–Crippen LogP) is 6.73. The Balaban J connectivity index is 1.36. The van der Waals surface area contributed by atoms with Crippen LogP contribution in [0.5, 0.6) is 0 Å². The Morgan fingerprint density at radius 2 is 1.00 bits per heavy atom. The molecule has 2 aliphatic rings. The zero-order valence-corrected chi connectivity index (χ0v) is 21.0. The van der Waals surface area contributed by atoms with Gasteiger partial charge in [0.15, 0.2) is 0 Å². The van der Waals surface area contributed by atoms with Crippen molar-refractivity contribution in [3.05, 3.63) is 91.0 Å². The molecule has 5 rings (SSSR count). The molecule has 3 heteroatoms. The van der Waals surface area contributed by atoms with Crippen molar-refractivity contribution >= 4 is 39.7 Å². The highest BCUT2D eigenvalue weighted by Gasteiger charge is 2.34. The van der Waals surface area contributed by atoms with Gasteiger partial charge in [-0.05, 0) is 77.6 Å². The quantitative estimate of drug-likeness (QED) is 0.342. The molecule has 2 aliphatic heterocycles. The molecule has 2 heterocycles. The van der Waals surface area contributed by atoms with E-state index in [0.717, 1.165) is 11.3 Å². The topological polar surface area (TPSA) is 0 Å². The van der Waals surface area contributed by atoms with E-state index in [-0.39, 0.29) is 23.8 Å². The molecule has 3 aromatic rings. The molecule has 0 spiro atoms. The minimum atomic E-state index is -0.0794. The standard InChI is InChI=1S/C28H33P3/c1-4-12-24(13-5-1)29(22-27-18-10-20-30(27)25-14-6-2-7-15-25)23-28-19-11-21-31(28)26-16-8-3-9-17-26/h1-9,12-17,27-28H,10-11,18-23H2/t27-,28-,29?,30-,31+/m1/s1. The van der Waals surface area contributed by atoms with Gasteiger partial charge in [-0.25, -0.2) is 0 Å². The first-order valence-corrected chi connectivity index (χ1v) is 16.7. The van der Waals surface area contributed by atoms with Crippen LogP contribution in [0, 0.1) is 0 Å². The molecule has 5 atom stereocenters. The van der Waals surface area contributed by atoms with Crippen molar-refractivity contribution in [2.24, 2.45) is 0 Å². The number of hydrogen-bond acceptors (Lipinski definition) is 0. The van der Waals surface area contributed by atoms with E-state index in [9.17, 15) is 0 Å². The first kappa shape index (κ1) is 21.8. The molecule has 0 radical (unpaired) electrons. The van der Waals surface area contributed by atoms with Crippen molar-refractivity contribution in [2.75, 3.05) is 24.6 Å². The van der Waals surface area contributed by atoms with Crippen LogP contribution in [-0.2, 0) is 0 Å². The first-order chi connectivity index (χ1) is 15.4. The number of benzene rings is 3. The molecule has 31 heavy (non-hydrogen) atoms. The largest absolute Gasteiger partial charge is 0.0740 e. The Morgan fingerprint density at radius 3 is 1.45 bits per heavy atom. The highest BCUT2D eigenvalue weighted by molar-refractivity contribution is 7.72. The maximum absolute atomic E-state index is 2.44. The van der Waals surface area contributed by atoms with E-state index in [1.165, 1.54) is 50.3 Å². The Labute approximate surface area is 192 Å².